The molecule has 1 rings (SSSR count). The van der Waals surface area contributed by atoms with Crippen LogP contribution in [0.1, 0.15) is 34.1 Å². The van der Waals surface area contributed by atoms with E-state index in [4.69, 9.17) is 4.74 Å². The van der Waals surface area contributed by atoms with E-state index in [-0.39, 0.29) is 35.0 Å². The van der Waals surface area contributed by atoms with Crippen molar-refractivity contribution in [1.82, 2.24) is 10.6 Å². The number of ether oxygens (including phenoxy) is 1. The van der Waals surface area contributed by atoms with Crippen LogP contribution in [0.3, 0.4) is 0 Å². The van der Waals surface area contributed by atoms with Crippen LogP contribution in [-0.2, 0) is 4.74 Å². The van der Waals surface area contributed by atoms with Crippen molar-refractivity contribution in [3.8, 4) is 0 Å². The van der Waals surface area contributed by atoms with Crippen molar-refractivity contribution in [2.75, 3.05) is 20.2 Å². The topological polar surface area (TPSA) is 45.7 Å². The quantitative estimate of drug-likeness (QED) is 0.333. The van der Waals surface area contributed by atoms with E-state index in [2.05, 4.69) is 49.9 Å². The van der Waals surface area contributed by atoms with Crippen LogP contribution in [-0.4, -0.2) is 37.8 Å². The summed E-state index contributed by atoms with van der Waals surface area (Å²) in [5, 5.41) is 6.73. The van der Waals surface area contributed by atoms with Gasteiger partial charge in [0.05, 0.1) is 12.1 Å². The molecule has 1 aliphatic carbocycles. The Balaban J connectivity index is 0.00000324. The minimum Gasteiger partial charge on any atom is -0.378 e. The van der Waals surface area contributed by atoms with Crippen molar-refractivity contribution in [2.24, 2.45) is 10.4 Å². The highest BCUT2D eigenvalue weighted by Gasteiger charge is 2.57. The third-order valence-electron chi connectivity index (χ3n) is 4.31. The van der Waals surface area contributed by atoms with Crippen LogP contribution in [0.25, 0.3) is 0 Å². The molecular formula is C14H28IN3O. The Hall–Kier alpha value is -0.300. The van der Waals surface area contributed by atoms with Crippen LogP contribution in [0.5, 0.6) is 0 Å². The molecule has 1 saturated carbocycles. The second-order valence-corrected chi connectivity index (χ2v) is 5.57. The average Bonchev–Trinajstić information content (AvgIpc) is 2.35. The Bertz CT molecular complexity index is 331. The van der Waals surface area contributed by atoms with Gasteiger partial charge in [0.25, 0.3) is 0 Å². The van der Waals surface area contributed by atoms with Gasteiger partial charge in [-0.3, -0.25) is 0 Å². The summed E-state index contributed by atoms with van der Waals surface area (Å²) in [7, 11) is 1.79. The van der Waals surface area contributed by atoms with Crippen molar-refractivity contribution < 1.29 is 4.74 Å². The zero-order valence-electron chi connectivity index (χ0n) is 12.7. The first-order valence-corrected chi connectivity index (χ1v) is 6.62. The Morgan fingerprint density at radius 2 is 2.11 bits per heavy atom. The van der Waals surface area contributed by atoms with Crippen molar-refractivity contribution in [3.63, 3.8) is 0 Å². The Morgan fingerprint density at radius 1 is 1.47 bits per heavy atom. The molecule has 1 aliphatic rings. The molecule has 4 nitrogen and oxygen atoms in total. The number of methoxy groups -OCH3 is 1. The van der Waals surface area contributed by atoms with Crippen LogP contribution >= 0.6 is 24.0 Å². The van der Waals surface area contributed by atoms with Gasteiger partial charge in [-0.25, -0.2) is 4.99 Å². The van der Waals surface area contributed by atoms with E-state index in [1.165, 1.54) is 0 Å². The number of rotatable bonds is 5. The number of guanidine groups is 1. The predicted molar refractivity (Wildman–Crippen MR) is 92.3 cm³/mol. The molecule has 0 saturated heterocycles. The maximum atomic E-state index is 5.63. The Morgan fingerprint density at radius 3 is 2.53 bits per heavy atom. The maximum absolute atomic E-state index is 5.63. The summed E-state index contributed by atoms with van der Waals surface area (Å²) >= 11 is 0. The number of aliphatic imine (C=N–C) groups is 1. The van der Waals surface area contributed by atoms with E-state index in [0.717, 1.165) is 18.9 Å². The van der Waals surface area contributed by atoms with Crippen LogP contribution in [0.4, 0.5) is 0 Å². The van der Waals surface area contributed by atoms with E-state index in [9.17, 15) is 0 Å². The largest absolute Gasteiger partial charge is 0.378 e. The molecule has 0 bridgehead atoms. The third kappa shape index (κ3) is 3.84. The fourth-order valence-corrected chi connectivity index (χ4v) is 2.36. The van der Waals surface area contributed by atoms with E-state index >= 15 is 0 Å². The summed E-state index contributed by atoms with van der Waals surface area (Å²) < 4.78 is 5.63. The summed E-state index contributed by atoms with van der Waals surface area (Å²) in [6, 6.07) is 0.380. The van der Waals surface area contributed by atoms with Crippen LogP contribution in [0.15, 0.2) is 17.6 Å². The number of hydrogen-bond acceptors (Lipinski definition) is 2. The van der Waals surface area contributed by atoms with Gasteiger partial charge >= 0.3 is 0 Å². The van der Waals surface area contributed by atoms with Gasteiger partial charge in [-0.05, 0) is 20.3 Å². The Kier molecular flexibility index (Phi) is 7.36. The third-order valence-corrected chi connectivity index (χ3v) is 4.31. The Labute approximate surface area is 134 Å². The summed E-state index contributed by atoms with van der Waals surface area (Å²) in [5.41, 5.74) is 0.0343. The first-order valence-electron chi connectivity index (χ1n) is 6.62. The molecule has 5 heteroatoms. The molecule has 0 aromatic rings. The van der Waals surface area contributed by atoms with E-state index in [1.807, 2.05) is 0 Å². The van der Waals surface area contributed by atoms with Gasteiger partial charge in [0, 0.05) is 25.1 Å². The molecule has 0 aromatic carbocycles. The lowest BCUT2D eigenvalue weighted by atomic mass is 9.56. The molecule has 0 amide bonds. The molecule has 0 radical (unpaired) electrons. The number of nitrogens with zero attached hydrogens (tertiary/aromatic N) is 1. The molecule has 2 unspecified atom stereocenters. The zero-order valence-corrected chi connectivity index (χ0v) is 15.1. The SMILES string of the molecule is C=CCN=C(NCC)NC1CC(C)(OC)C1(C)C.I. The zero-order chi connectivity index (χ0) is 13.8. The summed E-state index contributed by atoms with van der Waals surface area (Å²) in [5.74, 6) is 0.855. The van der Waals surface area contributed by atoms with Crippen molar-refractivity contribution in [1.29, 1.82) is 0 Å². The van der Waals surface area contributed by atoms with Gasteiger partial charge in [-0.2, -0.15) is 0 Å². The summed E-state index contributed by atoms with van der Waals surface area (Å²) in [6.07, 6.45) is 2.79. The normalized spacial score (nSPS) is 28.9. The first-order chi connectivity index (χ1) is 8.41. The average molecular weight is 381 g/mol. The van der Waals surface area contributed by atoms with Gasteiger partial charge in [0.2, 0.25) is 0 Å². The molecule has 19 heavy (non-hydrogen) atoms. The fourth-order valence-electron chi connectivity index (χ4n) is 2.36. The van der Waals surface area contributed by atoms with E-state index < -0.39 is 0 Å². The highest BCUT2D eigenvalue weighted by Crippen LogP contribution is 2.51. The summed E-state index contributed by atoms with van der Waals surface area (Å²) in [6.45, 7) is 13.9. The maximum Gasteiger partial charge on any atom is 0.191 e. The lowest BCUT2D eigenvalue weighted by molar-refractivity contribution is -0.176. The second kappa shape index (κ2) is 7.47. The van der Waals surface area contributed by atoms with Crippen molar-refractivity contribution in [3.05, 3.63) is 12.7 Å². The minimum atomic E-state index is -0.0551. The molecule has 0 aromatic heterocycles. The molecule has 2 atom stereocenters. The number of halogens is 1. The highest BCUT2D eigenvalue weighted by atomic mass is 127. The van der Waals surface area contributed by atoms with Gasteiger partial charge in [0.15, 0.2) is 5.96 Å². The van der Waals surface area contributed by atoms with Gasteiger partial charge in [-0.1, -0.05) is 19.9 Å². The number of nitrogens with one attached hydrogen (secondary N) is 2. The van der Waals surface area contributed by atoms with Gasteiger partial charge in [0.1, 0.15) is 0 Å². The van der Waals surface area contributed by atoms with E-state index in [0.29, 0.717) is 12.6 Å². The van der Waals surface area contributed by atoms with Crippen LogP contribution < -0.4 is 10.6 Å². The van der Waals surface area contributed by atoms with Gasteiger partial charge < -0.3 is 15.4 Å². The molecule has 2 N–H and O–H groups in total. The van der Waals surface area contributed by atoms with Crippen molar-refractivity contribution >= 4 is 29.9 Å². The standard InChI is InChI=1S/C14H27N3O.HI/c1-7-9-16-12(15-8-2)17-11-10-14(5,18-6)13(11,3)4;/h7,11H,1,8-10H2,2-6H3,(H2,15,16,17);1H. The molecule has 112 valence electrons. The summed E-state index contributed by atoms with van der Waals surface area (Å²) in [4.78, 5) is 4.43. The monoisotopic (exact) mass is 381 g/mol. The van der Waals surface area contributed by atoms with E-state index in [1.54, 1.807) is 13.2 Å². The van der Waals surface area contributed by atoms with Crippen molar-refractivity contribution in [2.45, 2.75) is 45.8 Å². The van der Waals surface area contributed by atoms with Crippen LogP contribution in [0.2, 0.25) is 0 Å². The number of hydrogen-bond donors (Lipinski definition) is 2. The minimum absolute atomic E-state index is 0. The molecule has 1 fully saturated rings. The van der Waals surface area contributed by atoms with Gasteiger partial charge in [-0.15, -0.1) is 30.6 Å². The molecule has 0 heterocycles. The molecule has 0 aliphatic heterocycles. The first kappa shape index (κ1) is 18.7. The highest BCUT2D eigenvalue weighted by molar-refractivity contribution is 14.0. The molecule has 0 spiro atoms. The fraction of sp³-hybridized carbons (Fsp3) is 0.786. The van der Waals surface area contributed by atoms with Crippen LogP contribution in [0, 0.1) is 5.41 Å². The molecular weight excluding hydrogens is 353 g/mol. The smallest absolute Gasteiger partial charge is 0.191 e. The lowest BCUT2D eigenvalue weighted by Crippen LogP contribution is -2.69. The lowest BCUT2D eigenvalue weighted by Gasteiger charge is -2.59. The predicted octanol–water partition coefficient (Wildman–Crippen LogP) is 2.55. The second-order valence-electron chi connectivity index (χ2n) is 5.57.